The summed E-state index contributed by atoms with van der Waals surface area (Å²) >= 11 is 0. The summed E-state index contributed by atoms with van der Waals surface area (Å²) in [7, 11) is 1.00. The zero-order valence-electron chi connectivity index (χ0n) is 19.7. The van der Waals surface area contributed by atoms with Crippen molar-refractivity contribution in [2.75, 3.05) is 48.4 Å². The van der Waals surface area contributed by atoms with Crippen molar-refractivity contribution >= 4 is 41.8 Å². The zero-order valence-corrected chi connectivity index (χ0v) is 20.6. The third kappa shape index (κ3) is 8.11. The summed E-state index contributed by atoms with van der Waals surface area (Å²) in [6, 6.07) is 4.59. The fourth-order valence-corrected chi connectivity index (χ4v) is 3.65. The van der Waals surface area contributed by atoms with Gasteiger partial charge in [0.15, 0.2) is 0 Å². The van der Waals surface area contributed by atoms with Gasteiger partial charge in [-0.3, -0.25) is 4.79 Å². The second-order valence-electron chi connectivity index (χ2n) is 7.22. The number of aromatic hydroxyl groups is 1. The normalized spacial score (nSPS) is 14.2. The molecule has 2 saturated heterocycles. The highest BCUT2D eigenvalue weighted by Gasteiger charge is 2.21. The first-order valence-electron chi connectivity index (χ1n) is 10.2. The van der Waals surface area contributed by atoms with E-state index in [1.165, 1.54) is 18.6 Å². The summed E-state index contributed by atoms with van der Waals surface area (Å²) in [4.78, 5) is 29.6. The number of hydrogen-bond donors (Lipinski definition) is 7. The predicted octanol–water partition coefficient (Wildman–Crippen LogP) is 3.51. The van der Waals surface area contributed by atoms with E-state index < -0.39 is 5.91 Å². The van der Waals surface area contributed by atoms with Crippen LogP contribution in [0.2, 0.25) is 0 Å². The lowest BCUT2D eigenvalue weighted by Gasteiger charge is -2.27. The smallest absolute Gasteiger partial charge is 0.252 e. The number of aromatic nitrogens is 3. The molecule has 2 aliphatic heterocycles. The molecule has 0 spiro atoms. The second-order valence-corrected chi connectivity index (χ2v) is 7.22. The number of nitrogens with one attached hydrogen (secondary N) is 1. The van der Waals surface area contributed by atoms with Crippen molar-refractivity contribution in [2.24, 2.45) is 5.73 Å². The van der Waals surface area contributed by atoms with Crippen molar-refractivity contribution in [3.63, 3.8) is 0 Å². The van der Waals surface area contributed by atoms with Gasteiger partial charge in [-0.1, -0.05) is 0 Å². The van der Waals surface area contributed by atoms with Crippen LogP contribution in [0.15, 0.2) is 18.2 Å². The SMILES string of the molecule is CO.Cl.N.N.N.NC(=O)c1ccc(Nc2nc(N3CCCCC3)nc(N3CCCC3)n2)cc1O.[HH].[HH].[HH].[HH]. The van der Waals surface area contributed by atoms with Crippen LogP contribution in [0, 0.1) is 0 Å². The van der Waals surface area contributed by atoms with Crippen LogP contribution in [0.3, 0.4) is 0 Å². The molecule has 0 bridgehead atoms. The summed E-state index contributed by atoms with van der Waals surface area (Å²) in [5.41, 5.74) is 5.90. The lowest BCUT2D eigenvalue weighted by atomic mass is 10.1. The van der Waals surface area contributed by atoms with Crippen LogP contribution in [-0.2, 0) is 0 Å². The third-order valence-corrected chi connectivity index (χ3v) is 5.16. The van der Waals surface area contributed by atoms with Gasteiger partial charge in [-0.2, -0.15) is 15.0 Å². The van der Waals surface area contributed by atoms with Gasteiger partial charge in [0.1, 0.15) is 5.75 Å². The molecular formula is C20H47ClN10O3. The number of amides is 1. The summed E-state index contributed by atoms with van der Waals surface area (Å²) in [6.45, 7) is 3.77. The average molecular weight is 511 g/mol. The lowest BCUT2D eigenvalue weighted by Crippen LogP contribution is -2.32. The highest BCUT2D eigenvalue weighted by Crippen LogP contribution is 2.26. The minimum absolute atomic E-state index is 0. The summed E-state index contributed by atoms with van der Waals surface area (Å²) < 4.78 is 0. The van der Waals surface area contributed by atoms with Gasteiger partial charge in [-0.25, -0.2) is 0 Å². The Labute approximate surface area is 212 Å². The minimum Gasteiger partial charge on any atom is -0.507 e. The Morgan fingerprint density at radius 2 is 1.38 bits per heavy atom. The molecule has 14 N–H and O–H groups in total. The average Bonchev–Trinajstić information content (AvgIpc) is 3.30. The zero-order chi connectivity index (χ0) is 21.5. The van der Waals surface area contributed by atoms with Gasteiger partial charge < -0.3 is 49.5 Å². The molecule has 1 aromatic carbocycles. The summed E-state index contributed by atoms with van der Waals surface area (Å²) in [5.74, 6) is 0.921. The van der Waals surface area contributed by atoms with Gasteiger partial charge in [0.25, 0.3) is 5.91 Å². The highest BCUT2D eigenvalue weighted by molar-refractivity contribution is 5.96. The summed E-state index contributed by atoms with van der Waals surface area (Å²) in [5, 5.41) is 20.1. The number of aliphatic hydroxyl groups is 1. The molecule has 3 heterocycles. The Morgan fingerprint density at radius 3 is 1.82 bits per heavy atom. The number of nitrogens with zero attached hydrogens (tertiary/aromatic N) is 5. The molecule has 0 aliphatic carbocycles. The number of nitrogens with two attached hydrogens (primary N) is 1. The van der Waals surface area contributed by atoms with Crippen LogP contribution in [0.4, 0.5) is 23.5 Å². The molecule has 0 saturated carbocycles. The second kappa shape index (κ2) is 15.8. The number of rotatable bonds is 5. The number of halogens is 1. The maximum absolute atomic E-state index is 11.3. The Hall–Kier alpha value is -2.97. The first kappa shape index (κ1) is 33.2. The predicted molar refractivity (Wildman–Crippen MR) is 146 cm³/mol. The fraction of sp³-hybridized carbons (Fsp3) is 0.500. The molecule has 0 atom stereocenters. The van der Waals surface area contributed by atoms with Crippen molar-refractivity contribution in [3.05, 3.63) is 23.8 Å². The van der Waals surface area contributed by atoms with Gasteiger partial charge in [0.05, 0.1) is 5.56 Å². The van der Waals surface area contributed by atoms with E-state index in [1.54, 1.807) is 6.07 Å². The number of benzene rings is 1. The molecule has 202 valence electrons. The third-order valence-electron chi connectivity index (χ3n) is 5.16. The van der Waals surface area contributed by atoms with Crippen LogP contribution in [0.25, 0.3) is 0 Å². The van der Waals surface area contributed by atoms with E-state index in [0.29, 0.717) is 23.5 Å². The van der Waals surface area contributed by atoms with Gasteiger partial charge in [0.2, 0.25) is 17.8 Å². The van der Waals surface area contributed by atoms with Gasteiger partial charge in [-0.05, 0) is 44.2 Å². The topological polar surface area (TPSA) is 246 Å². The number of carbonyl (C=O) groups is 1. The number of aliphatic hydroxyl groups excluding tert-OH is 1. The van der Waals surface area contributed by atoms with Crippen LogP contribution >= 0.6 is 12.4 Å². The van der Waals surface area contributed by atoms with Crippen LogP contribution in [0.1, 0.15) is 48.2 Å². The molecule has 1 amide bonds. The van der Waals surface area contributed by atoms with E-state index >= 15 is 0 Å². The number of piperidine rings is 1. The maximum atomic E-state index is 11.3. The Bertz CT molecular complexity index is 896. The first-order chi connectivity index (χ1) is 14.6. The highest BCUT2D eigenvalue weighted by atomic mass is 35.5. The van der Waals surface area contributed by atoms with Gasteiger partial charge in [-0.15, -0.1) is 12.4 Å². The van der Waals surface area contributed by atoms with Gasteiger partial charge >= 0.3 is 0 Å². The van der Waals surface area contributed by atoms with Crippen molar-refractivity contribution < 1.29 is 20.7 Å². The van der Waals surface area contributed by atoms with Crippen LogP contribution in [-0.4, -0.2) is 64.4 Å². The summed E-state index contributed by atoms with van der Waals surface area (Å²) in [6.07, 6.45) is 5.77. The monoisotopic (exact) mass is 510 g/mol. The Morgan fingerprint density at radius 1 is 0.912 bits per heavy atom. The van der Waals surface area contributed by atoms with E-state index in [9.17, 15) is 9.90 Å². The molecule has 0 radical (unpaired) electrons. The first-order valence-corrected chi connectivity index (χ1v) is 10.2. The molecule has 14 heteroatoms. The number of phenols is 1. The minimum atomic E-state index is -0.673. The standard InChI is InChI=1S/C19H25N7O2.CH4O.ClH.3H3N.4H2/c20-16(28)14-7-6-13(12-15(14)27)21-17-22-18(25-8-2-1-3-9-25)24-19(23-17)26-10-4-5-11-26;1-2;;;;;;;;/h6-7,12,27H,1-5,8-11H2,(H2,20,28)(H,21,22,23,24);2H,1H3;1H;3*1H3;4*1H. The van der Waals surface area contributed by atoms with Crippen molar-refractivity contribution in [2.45, 2.75) is 32.1 Å². The van der Waals surface area contributed by atoms with E-state index in [2.05, 4.69) is 25.1 Å². The van der Waals surface area contributed by atoms with E-state index in [4.69, 9.17) is 15.8 Å². The Kier molecular flexibility index (Phi) is 15.4. The Balaban J connectivity index is -0.000000250. The van der Waals surface area contributed by atoms with Crippen molar-refractivity contribution in [1.82, 2.24) is 33.4 Å². The van der Waals surface area contributed by atoms with E-state index in [0.717, 1.165) is 59.0 Å². The fourth-order valence-electron chi connectivity index (χ4n) is 3.65. The molecule has 34 heavy (non-hydrogen) atoms. The molecule has 2 aliphatic rings. The molecule has 4 rings (SSSR count). The van der Waals surface area contributed by atoms with Gasteiger partial charge in [0, 0.05) is 50.7 Å². The molecule has 13 nitrogen and oxygen atoms in total. The van der Waals surface area contributed by atoms with E-state index in [1.807, 2.05) is 0 Å². The molecule has 0 unspecified atom stereocenters. The van der Waals surface area contributed by atoms with Crippen molar-refractivity contribution in [1.29, 1.82) is 0 Å². The number of anilines is 4. The van der Waals surface area contributed by atoms with Crippen LogP contribution in [0.5, 0.6) is 5.75 Å². The maximum Gasteiger partial charge on any atom is 0.252 e. The molecule has 1 aromatic heterocycles. The largest absolute Gasteiger partial charge is 0.507 e. The number of primary amides is 1. The van der Waals surface area contributed by atoms with Crippen LogP contribution < -0.4 is 39.3 Å². The molecule has 2 aromatic rings. The molecular weight excluding hydrogens is 464 g/mol. The number of hydrogen-bond acceptors (Lipinski definition) is 12. The molecule has 2 fully saturated rings. The quantitative estimate of drug-likeness (QED) is 0.305. The number of carbonyl (C=O) groups excluding carboxylic acids is 1. The lowest BCUT2D eigenvalue weighted by molar-refractivity contribution is 0.0998. The van der Waals surface area contributed by atoms with E-state index in [-0.39, 0.29) is 47.9 Å². The van der Waals surface area contributed by atoms with Crippen molar-refractivity contribution in [3.8, 4) is 5.75 Å².